The Hall–Kier alpha value is 0.880. The molecule has 4 radical (unpaired) electrons. The molecule has 4 rings (SSSR count). The Bertz CT molecular complexity index is 504. The van der Waals surface area contributed by atoms with E-state index in [0.29, 0.717) is 0 Å². The molecule has 0 N–H and O–H groups in total. The standard InChI is InChI=1S/C7H8.3C5H5.4Cr.P.3S/c1-7-5-3-2-4-6-7;3*1-2-4-5-3-1;;;;;;;;/h2-6H,1H3;3*1-5H;;;;;;;;/q;3*-1;4*+3;-3;3*-2. The summed E-state index contributed by atoms with van der Waals surface area (Å²) in [6.07, 6.45) is 0. The van der Waals surface area contributed by atoms with Gasteiger partial charge in [0.05, 0.1) is 0 Å². The Balaban J connectivity index is -0.0000000332. The summed E-state index contributed by atoms with van der Waals surface area (Å²) in [5.74, 6) is 0. The van der Waals surface area contributed by atoms with Gasteiger partial charge in [0.25, 0.3) is 0 Å². The summed E-state index contributed by atoms with van der Waals surface area (Å²) < 4.78 is 0. The number of aryl methyl sites for hydroxylation is 1. The van der Waals surface area contributed by atoms with E-state index >= 15 is 0 Å². The van der Waals surface area contributed by atoms with Crippen molar-refractivity contribution in [1.29, 1.82) is 0 Å². The van der Waals surface area contributed by atoms with Crippen molar-refractivity contribution in [3.63, 3.8) is 0 Å². The van der Waals surface area contributed by atoms with Crippen LogP contribution in [0.15, 0.2) is 121 Å². The molecule has 0 aliphatic carbocycles. The van der Waals surface area contributed by atoms with E-state index < -0.39 is 0 Å². The van der Waals surface area contributed by atoms with Gasteiger partial charge in [-0.3, -0.25) is 0 Å². The first-order valence-electron chi connectivity index (χ1n) is 7.41. The molecule has 0 saturated carbocycles. The van der Waals surface area contributed by atoms with Gasteiger partial charge in [-0.05, 0) is 6.92 Å². The fraction of sp³-hybridized carbons (Fsp3) is 0.0455. The van der Waals surface area contributed by atoms with Crippen molar-refractivity contribution in [1.82, 2.24) is 0 Å². The quantitative estimate of drug-likeness (QED) is 0.146. The van der Waals surface area contributed by atoms with E-state index in [4.69, 9.17) is 0 Å². The van der Waals surface area contributed by atoms with Gasteiger partial charge in [0, 0.05) is 0 Å². The summed E-state index contributed by atoms with van der Waals surface area (Å²) in [5.41, 5.74) is 1.32. The molecular formula is C22H23Cr4PS3. The third-order valence-electron chi connectivity index (χ3n) is 2.61. The fourth-order valence-electron chi connectivity index (χ4n) is 1.50. The number of benzene rings is 1. The molecule has 0 bridgehead atoms. The summed E-state index contributed by atoms with van der Waals surface area (Å²) >= 11 is 0. The number of rotatable bonds is 0. The van der Waals surface area contributed by atoms with Gasteiger partial charge in [0.2, 0.25) is 0 Å². The molecule has 8 heteroatoms. The topological polar surface area (TPSA) is 0 Å². The molecule has 0 saturated heterocycles. The van der Waals surface area contributed by atoms with Crippen LogP contribution in [0.25, 0.3) is 0 Å². The zero-order valence-electron chi connectivity index (χ0n) is 16.4. The smallest absolute Gasteiger partial charge is 3.00 e. The van der Waals surface area contributed by atoms with Crippen LogP contribution in [0, 0.1) is 6.92 Å². The van der Waals surface area contributed by atoms with Crippen LogP contribution in [-0.4, -0.2) is 0 Å². The van der Waals surface area contributed by atoms with Crippen LogP contribution in [0.1, 0.15) is 5.56 Å². The first-order chi connectivity index (χ1) is 10.9. The third kappa shape index (κ3) is 39.4. The summed E-state index contributed by atoms with van der Waals surface area (Å²) in [6.45, 7) is 2.08. The van der Waals surface area contributed by atoms with Gasteiger partial charge < -0.3 is 50.4 Å². The second kappa shape index (κ2) is 43.7. The minimum absolute atomic E-state index is 0. The van der Waals surface area contributed by atoms with Crippen molar-refractivity contribution in [2.24, 2.45) is 0 Å². The van der Waals surface area contributed by atoms with Crippen molar-refractivity contribution < 1.29 is 69.4 Å². The van der Waals surface area contributed by atoms with Gasteiger partial charge in [-0.15, -0.1) is 0 Å². The summed E-state index contributed by atoms with van der Waals surface area (Å²) in [4.78, 5) is 0. The molecule has 0 nitrogen and oxygen atoms in total. The Morgan fingerprint density at radius 2 is 0.667 bits per heavy atom. The molecule has 0 aromatic heterocycles. The van der Waals surface area contributed by atoms with Gasteiger partial charge in [-0.25, -0.2) is 36.4 Å². The zero-order chi connectivity index (χ0) is 15.7. The van der Waals surface area contributed by atoms with E-state index in [0.717, 1.165) is 0 Å². The molecule has 0 heterocycles. The van der Waals surface area contributed by atoms with E-state index in [9.17, 15) is 0 Å². The van der Waals surface area contributed by atoms with Crippen molar-refractivity contribution >= 4 is 50.4 Å². The van der Waals surface area contributed by atoms with Gasteiger partial charge in [0.15, 0.2) is 0 Å². The van der Waals surface area contributed by atoms with Crippen molar-refractivity contribution in [3.05, 3.63) is 127 Å². The van der Waals surface area contributed by atoms with Crippen molar-refractivity contribution in [2.75, 3.05) is 0 Å². The molecule has 0 spiro atoms. The van der Waals surface area contributed by atoms with Gasteiger partial charge in [-0.2, -0.15) is 54.6 Å². The minimum atomic E-state index is 0. The molecule has 0 unspecified atom stereocenters. The van der Waals surface area contributed by atoms with E-state index in [1.165, 1.54) is 5.56 Å². The predicted octanol–water partition coefficient (Wildman–Crippen LogP) is 7.06. The van der Waals surface area contributed by atoms with Crippen LogP contribution < -0.4 is 0 Å². The Labute approximate surface area is 251 Å². The average molecular weight is 623 g/mol. The average Bonchev–Trinajstić information content (AvgIpc) is 3.37. The molecule has 0 amide bonds. The Morgan fingerprint density at radius 1 is 0.433 bits per heavy atom. The molecule has 4 aromatic carbocycles. The van der Waals surface area contributed by atoms with Crippen molar-refractivity contribution in [2.45, 2.75) is 6.92 Å². The molecule has 0 aliphatic heterocycles. The summed E-state index contributed by atoms with van der Waals surface area (Å²) in [5, 5.41) is 0. The molecular weight excluding hydrogens is 599 g/mol. The molecule has 158 valence electrons. The van der Waals surface area contributed by atoms with Gasteiger partial charge in [0.1, 0.15) is 0 Å². The summed E-state index contributed by atoms with van der Waals surface area (Å²) in [7, 11) is 0. The largest absolute Gasteiger partial charge is 3.00 e. The van der Waals surface area contributed by atoms with Crippen LogP contribution in [-0.2, 0) is 110 Å². The first-order valence-corrected chi connectivity index (χ1v) is 7.41. The van der Waals surface area contributed by atoms with Crippen LogP contribution in [0.4, 0.5) is 0 Å². The second-order valence-electron chi connectivity index (χ2n) is 4.54. The van der Waals surface area contributed by atoms with E-state index in [-0.39, 0.29) is 120 Å². The maximum absolute atomic E-state index is 2.08. The van der Waals surface area contributed by atoms with Gasteiger partial charge in [-0.1, -0.05) is 35.9 Å². The van der Waals surface area contributed by atoms with E-state index in [1.807, 2.05) is 109 Å². The monoisotopic (exact) mass is 622 g/mol. The minimum Gasteiger partial charge on any atom is -3.00 e. The van der Waals surface area contributed by atoms with Crippen LogP contribution in [0.5, 0.6) is 0 Å². The van der Waals surface area contributed by atoms with E-state index in [2.05, 4.69) is 19.1 Å². The SMILES string of the molecule is Cc1ccccc1.[Cr+3].[Cr+3].[Cr+3].[Cr+3].[P-3].[S-2].[S-2].[S-2].c1cc[cH-]c1.c1cc[cH-]c1.c1cc[cH-]c1. The fourth-order valence-corrected chi connectivity index (χ4v) is 1.50. The maximum atomic E-state index is 2.08. The van der Waals surface area contributed by atoms with Crippen LogP contribution >= 0.6 is 9.90 Å². The summed E-state index contributed by atoms with van der Waals surface area (Å²) in [6, 6.07) is 40.3. The maximum Gasteiger partial charge on any atom is 3.00 e. The molecule has 0 fully saturated rings. The normalized spacial score (nSPS) is 6.03. The number of hydrogen-bond acceptors (Lipinski definition) is 0. The Morgan fingerprint density at radius 3 is 0.767 bits per heavy atom. The first kappa shape index (κ1) is 52.7. The van der Waals surface area contributed by atoms with Crippen LogP contribution in [0.3, 0.4) is 0 Å². The second-order valence-corrected chi connectivity index (χ2v) is 4.54. The number of hydrogen-bond donors (Lipinski definition) is 0. The van der Waals surface area contributed by atoms with Crippen molar-refractivity contribution in [3.8, 4) is 0 Å². The molecule has 0 atom stereocenters. The molecule has 4 aromatic rings. The molecule has 30 heavy (non-hydrogen) atoms. The van der Waals surface area contributed by atoms with Crippen LogP contribution in [0.2, 0.25) is 0 Å². The molecule has 0 aliphatic rings. The predicted molar refractivity (Wildman–Crippen MR) is 126 cm³/mol. The van der Waals surface area contributed by atoms with E-state index in [1.54, 1.807) is 0 Å². The van der Waals surface area contributed by atoms with Gasteiger partial charge >= 0.3 is 69.4 Å². The third-order valence-corrected chi connectivity index (χ3v) is 2.61. The zero-order valence-corrected chi connectivity index (χ0v) is 24.8. The Kier molecular flexibility index (Phi) is 76.7.